The Hall–Kier alpha value is -1.55. The predicted molar refractivity (Wildman–Crippen MR) is 55.4 cm³/mol. The maximum atomic E-state index is 11.6. The second-order valence-corrected chi connectivity index (χ2v) is 3.82. The molecule has 0 aliphatic carbocycles. The second-order valence-electron chi connectivity index (χ2n) is 3.82. The quantitative estimate of drug-likeness (QED) is 0.427. The number of aromatic nitrogens is 3. The molecule has 1 aromatic rings. The predicted octanol–water partition coefficient (Wildman–Crippen LogP) is -3.07. The average molecular weight is 243 g/mol. The third-order valence-electron chi connectivity index (χ3n) is 2.60. The van der Waals surface area contributed by atoms with Crippen LogP contribution in [0.5, 0.6) is 0 Å². The summed E-state index contributed by atoms with van der Waals surface area (Å²) in [6, 6.07) is 0. The van der Waals surface area contributed by atoms with Crippen LogP contribution >= 0.6 is 0 Å². The molecule has 6 N–H and O–H groups in total. The molecule has 1 fully saturated rings. The van der Waals surface area contributed by atoms with Crippen molar-refractivity contribution in [3.63, 3.8) is 0 Å². The highest BCUT2D eigenvalue weighted by molar-refractivity contribution is 5.10. The van der Waals surface area contributed by atoms with Gasteiger partial charge in [0, 0.05) is 6.42 Å². The number of rotatable bonds is 2. The summed E-state index contributed by atoms with van der Waals surface area (Å²) in [5.41, 5.74) is 10.3. The van der Waals surface area contributed by atoms with Crippen LogP contribution in [0.15, 0.2) is 11.1 Å². The topological polar surface area (TPSA) is 150 Å². The molecule has 0 aromatic carbocycles. The summed E-state index contributed by atoms with van der Waals surface area (Å²) < 4.78 is 6.17. The van der Waals surface area contributed by atoms with Gasteiger partial charge in [-0.3, -0.25) is 5.73 Å². The van der Waals surface area contributed by atoms with Crippen LogP contribution in [-0.2, 0) is 10.6 Å². The first-order valence-corrected chi connectivity index (χ1v) is 4.93. The normalized spacial score (nSPS) is 32.9. The van der Waals surface area contributed by atoms with Crippen molar-refractivity contribution in [3.8, 4) is 0 Å². The van der Waals surface area contributed by atoms with Gasteiger partial charge in [0.1, 0.15) is 12.4 Å². The Balaban J connectivity index is 2.37. The van der Waals surface area contributed by atoms with Gasteiger partial charge in [0.25, 0.3) is 0 Å². The van der Waals surface area contributed by atoms with Crippen LogP contribution in [0.4, 0.5) is 5.95 Å². The number of nitrogens with zero attached hydrogens (tertiary/aromatic N) is 3. The number of nitrogen functional groups attached to an aromatic ring is 1. The zero-order chi connectivity index (χ0) is 12.6. The number of hydrogen-bond acceptors (Lipinski definition) is 8. The van der Waals surface area contributed by atoms with E-state index < -0.39 is 30.4 Å². The van der Waals surface area contributed by atoms with E-state index in [-0.39, 0.29) is 12.4 Å². The Labute approximate surface area is 95.7 Å². The van der Waals surface area contributed by atoms with Crippen molar-refractivity contribution in [2.24, 2.45) is 5.73 Å². The standard InChI is InChI=1S/C8H13N5O4/c9-6-11-3-13(7(16)12-6)8(10)1-4(15)5(2-14)17-8/h3-5,14-15H,1-2,10H2,(H2,9,12,16)/t4-,5-,8+/m1/s1. The van der Waals surface area contributed by atoms with Gasteiger partial charge in [0.05, 0.1) is 12.7 Å². The largest absolute Gasteiger partial charge is 0.394 e. The van der Waals surface area contributed by atoms with Crippen molar-refractivity contribution in [1.82, 2.24) is 14.5 Å². The van der Waals surface area contributed by atoms with Crippen molar-refractivity contribution < 1.29 is 14.9 Å². The van der Waals surface area contributed by atoms with Crippen molar-refractivity contribution in [3.05, 3.63) is 16.8 Å². The van der Waals surface area contributed by atoms with E-state index in [9.17, 15) is 9.90 Å². The summed E-state index contributed by atoms with van der Waals surface area (Å²) in [4.78, 5) is 18.6. The Morgan fingerprint density at radius 3 is 2.94 bits per heavy atom. The summed E-state index contributed by atoms with van der Waals surface area (Å²) in [6.45, 7) is -0.398. The van der Waals surface area contributed by atoms with E-state index in [2.05, 4.69) is 9.97 Å². The highest BCUT2D eigenvalue weighted by Gasteiger charge is 2.45. The molecule has 2 rings (SSSR count). The summed E-state index contributed by atoms with van der Waals surface area (Å²) in [6.07, 6.45) is -0.762. The van der Waals surface area contributed by atoms with Crippen molar-refractivity contribution >= 4 is 5.95 Å². The number of nitrogens with two attached hydrogens (primary N) is 2. The van der Waals surface area contributed by atoms with Gasteiger partial charge in [-0.05, 0) is 0 Å². The first-order chi connectivity index (χ1) is 7.96. The second kappa shape index (κ2) is 4.04. The van der Waals surface area contributed by atoms with Gasteiger partial charge in [0.2, 0.25) is 11.8 Å². The SMILES string of the molecule is Nc1ncn([C@@]2(N)C[C@@H](O)[C@@H](CO)O2)c(=O)n1. The summed E-state index contributed by atoms with van der Waals surface area (Å²) in [7, 11) is 0. The zero-order valence-corrected chi connectivity index (χ0v) is 8.85. The van der Waals surface area contributed by atoms with E-state index in [4.69, 9.17) is 21.3 Å². The molecule has 0 amide bonds. The molecular formula is C8H13N5O4. The van der Waals surface area contributed by atoms with Crippen LogP contribution < -0.4 is 17.2 Å². The molecule has 1 aromatic heterocycles. The van der Waals surface area contributed by atoms with Gasteiger partial charge in [-0.15, -0.1) is 0 Å². The van der Waals surface area contributed by atoms with E-state index in [0.29, 0.717) is 0 Å². The van der Waals surface area contributed by atoms with Gasteiger partial charge in [-0.2, -0.15) is 4.98 Å². The number of hydrogen-bond donors (Lipinski definition) is 4. The molecule has 0 saturated carbocycles. The highest BCUT2D eigenvalue weighted by Crippen LogP contribution is 2.29. The van der Waals surface area contributed by atoms with E-state index >= 15 is 0 Å². The molecule has 0 radical (unpaired) electrons. The van der Waals surface area contributed by atoms with Crippen molar-refractivity contribution in [2.45, 2.75) is 24.5 Å². The molecular weight excluding hydrogens is 230 g/mol. The maximum Gasteiger partial charge on any atom is 0.355 e. The van der Waals surface area contributed by atoms with Gasteiger partial charge in [-0.1, -0.05) is 0 Å². The van der Waals surface area contributed by atoms with Gasteiger partial charge < -0.3 is 20.7 Å². The fraction of sp³-hybridized carbons (Fsp3) is 0.625. The van der Waals surface area contributed by atoms with E-state index in [1.165, 1.54) is 0 Å². The van der Waals surface area contributed by atoms with Gasteiger partial charge in [0.15, 0.2) is 0 Å². The summed E-state index contributed by atoms with van der Waals surface area (Å²) in [5.74, 6) is -1.75. The molecule has 94 valence electrons. The lowest BCUT2D eigenvalue weighted by molar-refractivity contribution is -0.116. The minimum atomic E-state index is -1.57. The minimum absolute atomic E-state index is 0.0502. The first-order valence-electron chi connectivity index (χ1n) is 4.93. The molecule has 1 aliphatic rings. The monoisotopic (exact) mass is 243 g/mol. The number of anilines is 1. The third-order valence-corrected chi connectivity index (χ3v) is 2.60. The van der Waals surface area contributed by atoms with Crippen LogP contribution in [0.1, 0.15) is 6.42 Å². The van der Waals surface area contributed by atoms with Crippen LogP contribution in [-0.4, -0.2) is 43.6 Å². The fourth-order valence-corrected chi connectivity index (χ4v) is 1.74. The number of aliphatic hydroxyl groups is 2. The Bertz CT molecular complexity index is 477. The molecule has 0 spiro atoms. The lowest BCUT2D eigenvalue weighted by Crippen LogP contribution is -2.49. The molecule has 9 nitrogen and oxygen atoms in total. The number of ether oxygens (including phenoxy) is 1. The summed E-state index contributed by atoms with van der Waals surface area (Å²) >= 11 is 0. The molecule has 0 unspecified atom stereocenters. The first kappa shape index (κ1) is 11.9. The fourth-order valence-electron chi connectivity index (χ4n) is 1.74. The molecule has 17 heavy (non-hydrogen) atoms. The smallest absolute Gasteiger partial charge is 0.355 e. The molecule has 2 heterocycles. The lowest BCUT2D eigenvalue weighted by atomic mass is 10.1. The van der Waals surface area contributed by atoms with E-state index in [0.717, 1.165) is 10.9 Å². The van der Waals surface area contributed by atoms with Crippen LogP contribution in [0, 0.1) is 0 Å². The highest BCUT2D eigenvalue weighted by atomic mass is 16.6. The Morgan fingerprint density at radius 2 is 2.41 bits per heavy atom. The maximum absolute atomic E-state index is 11.6. The molecule has 1 aliphatic heterocycles. The zero-order valence-electron chi connectivity index (χ0n) is 8.85. The van der Waals surface area contributed by atoms with Crippen molar-refractivity contribution in [2.75, 3.05) is 12.3 Å². The molecule has 0 bridgehead atoms. The lowest BCUT2D eigenvalue weighted by Gasteiger charge is -2.25. The van der Waals surface area contributed by atoms with Gasteiger partial charge >= 0.3 is 5.69 Å². The van der Waals surface area contributed by atoms with Crippen LogP contribution in [0.25, 0.3) is 0 Å². The summed E-state index contributed by atoms with van der Waals surface area (Å²) in [5, 5.41) is 18.5. The molecule has 1 saturated heterocycles. The Morgan fingerprint density at radius 1 is 1.71 bits per heavy atom. The molecule has 9 heteroatoms. The van der Waals surface area contributed by atoms with E-state index in [1.807, 2.05) is 0 Å². The average Bonchev–Trinajstić information content (AvgIpc) is 2.54. The van der Waals surface area contributed by atoms with Crippen LogP contribution in [0.3, 0.4) is 0 Å². The third kappa shape index (κ3) is 2.00. The molecule has 3 atom stereocenters. The van der Waals surface area contributed by atoms with Crippen molar-refractivity contribution in [1.29, 1.82) is 0 Å². The van der Waals surface area contributed by atoms with Crippen LogP contribution in [0.2, 0.25) is 0 Å². The van der Waals surface area contributed by atoms with Gasteiger partial charge in [-0.25, -0.2) is 14.3 Å². The minimum Gasteiger partial charge on any atom is -0.394 e. The van der Waals surface area contributed by atoms with E-state index in [1.54, 1.807) is 0 Å². The Kier molecular flexibility index (Phi) is 2.83. The number of aliphatic hydroxyl groups excluding tert-OH is 2.